The molecule has 0 spiro atoms. The third kappa shape index (κ3) is 3.40. The molecule has 0 amide bonds. The van der Waals surface area contributed by atoms with E-state index in [0.29, 0.717) is 0 Å². The second-order valence-corrected chi connectivity index (χ2v) is 6.47. The first-order valence-electron chi connectivity index (χ1n) is 6.13. The Labute approximate surface area is 120 Å². The Morgan fingerprint density at radius 2 is 1.94 bits per heavy atom. The van der Waals surface area contributed by atoms with Crippen LogP contribution in [0, 0.1) is 6.92 Å². The molecule has 0 fully saturated rings. The lowest BCUT2D eigenvalue weighted by atomic mass is 10.1. The molecule has 0 unspecified atom stereocenters. The number of halogens is 1. The quantitative estimate of drug-likeness (QED) is 0.838. The molecule has 96 valence electrons. The number of aromatic nitrogens is 1. The number of hydrogen-bond acceptors (Lipinski definition) is 3. The molecule has 1 aromatic carbocycles. The summed E-state index contributed by atoms with van der Waals surface area (Å²) in [7, 11) is 0. The van der Waals surface area contributed by atoms with Crippen LogP contribution < -0.4 is 5.73 Å². The van der Waals surface area contributed by atoms with Crippen LogP contribution in [-0.2, 0) is 6.42 Å². The predicted octanol–water partition coefficient (Wildman–Crippen LogP) is 4.16. The van der Waals surface area contributed by atoms with Crippen LogP contribution in [0.2, 0.25) is 0 Å². The fourth-order valence-electron chi connectivity index (χ4n) is 1.85. The molecule has 0 atom stereocenters. The van der Waals surface area contributed by atoms with E-state index >= 15 is 0 Å². The Kier molecular flexibility index (Phi) is 4.92. The van der Waals surface area contributed by atoms with Gasteiger partial charge in [-0.2, -0.15) is 0 Å². The van der Waals surface area contributed by atoms with Crippen LogP contribution in [0.1, 0.15) is 22.7 Å². The van der Waals surface area contributed by atoms with Crippen LogP contribution in [0.5, 0.6) is 0 Å². The highest BCUT2D eigenvalue weighted by atomic mass is 79.9. The summed E-state index contributed by atoms with van der Waals surface area (Å²) in [5.41, 5.74) is 7.82. The lowest BCUT2D eigenvalue weighted by Gasteiger charge is -1.98. The number of nitrogens with two attached hydrogens (primary N) is 1. The molecule has 0 radical (unpaired) electrons. The predicted molar refractivity (Wildman–Crippen MR) is 82.0 cm³/mol. The van der Waals surface area contributed by atoms with Gasteiger partial charge in [-0.05, 0) is 44.9 Å². The molecule has 18 heavy (non-hydrogen) atoms. The van der Waals surface area contributed by atoms with Crippen molar-refractivity contribution in [3.8, 4) is 11.3 Å². The molecule has 2 rings (SSSR count). The maximum atomic E-state index is 5.51. The highest BCUT2D eigenvalue weighted by Gasteiger charge is 2.09. The van der Waals surface area contributed by atoms with Crippen molar-refractivity contribution < 1.29 is 0 Å². The Morgan fingerprint density at radius 3 is 2.61 bits per heavy atom. The van der Waals surface area contributed by atoms with Crippen LogP contribution >= 0.6 is 27.3 Å². The van der Waals surface area contributed by atoms with E-state index in [-0.39, 0.29) is 0 Å². The maximum absolute atomic E-state index is 5.51. The number of hydrogen-bond donors (Lipinski definition) is 1. The van der Waals surface area contributed by atoms with Gasteiger partial charge in [0.25, 0.3) is 0 Å². The van der Waals surface area contributed by atoms with Crippen molar-refractivity contribution in [1.29, 1.82) is 0 Å². The summed E-state index contributed by atoms with van der Waals surface area (Å²) in [5, 5.41) is 1.22. The molecule has 4 heteroatoms. The number of rotatable bonds is 5. The number of unbranched alkanes of at least 4 members (excludes halogenated alkanes) is 1. The fraction of sp³-hybridized carbons (Fsp3) is 0.357. The highest BCUT2D eigenvalue weighted by Crippen LogP contribution is 2.29. The van der Waals surface area contributed by atoms with Gasteiger partial charge >= 0.3 is 0 Å². The summed E-state index contributed by atoms with van der Waals surface area (Å²) in [6.45, 7) is 2.91. The van der Waals surface area contributed by atoms with Crippen LogP contribution in [0.25, 0.3) is 11.3 Å². The van der Waals surface area contributed by atoms with Gasteiger partial charge in [0.05, 0.1) is 10.7 Å². The zero-order chi connectivity index (χ0) is 13.0. The summed E-state index contributed by atoms with van der Waals surface area (Å²) in [6.07, 6.45) is 3.24. The van der Waals surface area contributed by atoms with Crippen molar-refractivity contribution in [3.05, 3.63) is 38.6 Å². The smallest absolute Gasteiger partial charge is 0.0935 e. The van der Waals surface area contributed by atoms with E-state index in [1.165, 1.54) is 15.4 Å². The van der Waals surface area contributed by atoms with E-state index in [0.717, 1.165) is 36.0 Å². The molecule has 2 nitrogen and oxygen atoms in total. The number of aryl methyl sites for hydroxylation is 2. The van der Waals surface area contributed by atoms with E-state index in [1.54, 1.807) is 11.3 Å². The molecule has 0 aliphatic heterocycles. The molecular formula is C14H17BrN2S. The lowest BCUT2D eigenvalue weighted by molar-refractivity contribution is 0.742. The topological polar surface area (TPSA) is 38.9 Å². The highest BCUT2D eigenvalue weighted by molar-refractivity contribution is 9.10. The standard InChI is InChI=1S/C14H17BrN2S/c1-10-14(11-5-7-12(15)8-6-11)17-13(18-10)4-2-3-9-16/h5-8H,2-4,9,16H2,1H3. The Balaban J connectivity index is 2.16. The Morgan fingerprint density at radius 1 is 1.22 bits per heavy atom. The molecule has 0 bridgehead atoms. The third-order valence-corrected chi connectivity index (χ3v) is 4.36. The zero-order valence-electron chi connectivity index (χ0n) is 10.4. The maximum Gasteiger partial charge on any atom is 0.0935 e. The summed E-state index contributed by atoms with van der Waals surface area (Å²) >= 11 is 5.25. The molecular weight excluding hydrogens is 308 g/mol. The van der Waals surface area contributed by atoms with Gasteiger partial charge in [0, 0.05) is 14.9 Å². The van der Waals surface area contributed by atoms with Crippen LogP contribution in [0.3, 0.4) is 0 Å². The first kappa shape index (κ1) is 13.7. The zero-order valence-corrected chi connectivity index (χ0v) is 12.9. The minimum absolute atomic E-state index is 0.768. The van der Waals surface area contributed by atoms with Gasteiger partial charge in [0.2, 0.25) is 0 Å². The monoisotopic (exact) mass is 324 g/mol. The second kappa shape index (κ2) is 6.45. The normalized spacial score (nSPS) is 10.8. The van der Waals surface area contributed by atoms with Gasteiger partial charge in [-0.1, -0.05) is 28.1 Å². The number of benzene rings is 1. The van der Waals surface area contributed by atoms with Crippen molar-refractivity contribution in [1.82, 2.24) is 4.98 Å². The minimum atomic E-state index is 0.768. The number of thiazole rings is 1. The van der Waals surface area contributed by atoms with Crippen molar-refractivity contribution in [3.63, 3.8) is 0 Å². The third-order valence-electron chi connectivity index (χ3n) is 2.80. The van der Waals surface area contributed by atoms with Gasteiger partial charge in [0.15, 0.2) is 0 Å². The average molecular weight is 325 g/mol. The molecule has 2 aromatic rings. The molecule has 1 heterocycles. The molecule has 0 aliphatic carbocycles. The van der Waals surface area contributed by atoms with Crippen molar-refractivity contribution in [2.45, 2.75) is 26.2 Å². The van der Waals surface area contributed by atoms with Crippen LogP contribution in [0.4, 0.5) is 0 Å². The fourth-order valence-corrected chi connectivity index (χ4v) is 3.12. The van der Waals surface area contributed by atoms with E-state index in [4.69, 9.17) is 10.7 Å². The largest absolute Gasteiger partial charge is 0.330 e. The summed E-state index contributed by atoms with van der Waals surface area (Å²) in [4.78, 5) is 6.04. The van der Waals surface area contributed by atoms with E-state index < -0.39 is 0 Å². The summed E-state index contributed by atoms with van der Waals surface area (Å²) in [6, 6.07) is 8.33. The van der Waals surface area contributed by atoms with Gasteiger partial charge in [-0.15, -0.1) is 11.3 Å². The van der Waals surface area contributed by atoms with Gasteiger partial charge in [0.1, 0.15) is 0 Å². The lowest BCUT2D eigenvalue weighted by Crippen LogP contribution is -1.98. The SMILES string of the molecule is Cc1sc(CCCCN)nc1-c1ccc(Br)cc1. The van der Waals surface area contributed by atoms with E-state index in [9.17, 15) is 0 Å². The van der Waals surface area contributed by atoms with Crippen LogP contribution in [-0.4, -0.2) is 11.5 Å². The molecule has 0 saturated carbocycles. The van der Waals surface area contributed by atoms with Crippen LogP contribution in [0.15, 0.2) is 28.7 Å². The van der Waals surface area contributed by atoms with Gasteiger partial charge in [-0.25, -0.2) is 4.98 Å². The molecule has 0 aliphatic rings. The summed E-state index contributed by atoms with van der Waals surface area (Å²) < 4.78 is 1.10. The Hall–Kier alpha value is -0.710. The molecule has 0 saturated heterocycles. The van der Waals surface area contributed by atoms with E-state index in [1.807, 2.05) is 0 Å². The molecule has 1 aromatic heterocycles. The molecule has 2 N–H and O–H groups in total. The first-order valence-corrected chi connectivity index (χ1v) is 7.74. The first-order chi connectivity index (χ1) is 8.70. The minimum Gasteiger partial charge on any atom is -0.330 e. The van der Waals surface area contributed by atoms with Crippen molar-refractivity contribution in [2.75, 3.05) is 6.54 Å². The summed E-state index contributed by atoms with van der Waals surface area (Å²) in [5.74, 6) is 0. The van der Waals surface area contributed by atoms with Gasteiger partial charge in [-0.3, -0.25) is 0 Å². The van der Waals surface area contributed by atoms with E-state index in [2.05, 4.69) is 47.1 Å². The van der Waals surface area contributed by atoms with Crippen molar-refractivity contribution >= 4 is 27.3 Å². The average Bonchev–Trinajstić information content (AvgIpc) is 2.72. The Bertz CT molecular complexity index is 505. The second-order valence-electron chi connectivity index (χ2n) is 4.27. The van der Waals surface area contributed by atoms with Crippen molar-refractivity contribution in [2.24, 2.45) is 5.73 Å². The van der Waals surface area contributed by atoms with Gasteiger partial charge < -0.3 is 5.73 Å². The number of nitrogens with zero attached hydrogens (tertiary/aromatic N) is 1.